The first-order valence-electron chi connectivity index (χ1n) is 5.17. The average molecular weight is 244 g/mol. The second-order valence-corrected chi connectivity index (χ2v) is 4.48. The Morgan fingerprint density at radius 2 is 2.06 bits per heavy atom. The molecule has 3 N–H and O–H groups in total. The molecule has 0 amide bonds. The second-order valence-electron chi connectivity index (χ2n) is 4.48. The Bertz CT molecular complexity index is 534. The molecule has 1 atom stereocenters. The number of nitrogens with zero attached hydrogens (tertiary/aromatic N) is 1. The van der Waals surface area contributed by atoms with Crippen LogP contribution in [0.2, 0.25) is 0 Å². The standard InChI is InChI=1S/C10H13FN2O4/c11-10(3-9(10,5-14)6-15)4-13-2-1-7(16)12-8(13)17/h1-2,14-15H,3-6H2,(H,12,16,17). The van der Waals surface area contributed by atoms with E-state index in [9.17, 15) is 14.0 Å². The highest BCUT2D eigenvalue weighted by molar-refractivity contribution is 5.16. The van der Waals surface area contributed by atoms with E-state index < -0.39 is 35.5 Å². The van der Waals surface area contributed by atoms with E-state index in [0.29, 0.717) is 0 Å². The third-order valence-electron chi connectivity index (χ3n) is 3.37. The van der Waals surface area contributed by atoms with Crippen LogP contribution in [0.25, 0.3) is 0 Å². The Morgan fingerprint density at radius 1 is 1.41 bits per heavy atom. The lowest BCUT2D eigenvalue weighted by molar-refractivity contribution is 0.0722. The zero-order chi connectivity index (χ0) is 12.7. The van der Waals surface area contributed by atoms with Gasteiger partial charge in [-0.2, -0.15) is 0 Å². The zero-order valence-corrected chi connectivity index (χ0v) is 9.02. The summed E-state index contributed by atoms with van der Waals surface area (Å²) in [6.45, 7) is -1.24. The number of halogens is 1. The lowest BCUT2D eigenvalue weighted by atomic mass is 10.1. The molecular formula is C10H13FN2O4. The van der Waals surface area contributed by atoms with Gasteiger partial charge in [-0.1, -0.05) is 0 Å². The number of H-pyrrole nitrogens is 1. The van der Waals surface area contributed by atoms with Crippen LogP contribution < -0.4 is 11.2 Å². The Labute approximate surface area is 95.3 Å². The van der Waals surface area contributed by atoms with Crippen molar-refractivity contribution in [1.82, 2.24) is 9.55 Å². The monoisotopic (exact) mass is 244 g/mol. The van der Waals surface area contributed by atoms with E-state index in [1.165, 1.54) is 6.20 Å². The van der Waals surface area contributed by atoms with Gasteiger partial charge in [-0.25, -0.2) is 9.18 Å². The van der Waals surface area contributed by atoms with E-state index in [1.54, 1.807) is 0 Å². The molecule has 7 heteroatoms. The van der Waals surface area contributed by atoms with Gasteiger partial charge in [0.1, 0.15) is 5.67 Å². The van der Waals surface area contributed by atoms with Crippen molar-refractivity contribution in [3.8, 4) is 0 Å². The van der Waals surface area contributed by atoms with E-state index in [0.717, 1.165) is 10.6 Å². The molecule has 0 bridgehead atoms. The first kappa shape index (κ1) is 12.0. The molecule has 6 nitrogen and oxygen atoms in total. The molecule has 0 radical (unpaired) electrons. The Hall–Kier alpha value is -1.47. The fourth-order valence-electron chi connectivity index (χ4n) is 2.00. The smallest absolute Gasteiger partial charge is 0.328 e. The zero-order valence-electron chi connectivity index (χ0n) is 9.02. The van der Waals surface area contributed by atoms with E-state index >= 15 is 0 Å². The number of nitrogens with one attached hydrogen (secondary N) is 1. The highest BCUT2D eigenvalue weighted by Crippen LogP contribution is 2.59. The summed E-state index contributed by atoms with van der Waals surface area (Å²) in [7, 11) is 0. The topological polar surface area (TPSA) is 95.3 Å². The Kier molecular flexibility index (Phi) is 2.67. The molecule has 1 saturated carbocycles. The first-order valence-corrected chi connectivity index (χ1v) is 5.17. The highest BCUT2D eigenvalue weighted by Gasteiger charge is 2.68. The number of aliphatic hydroxyl groups is 2. The fourth-order valence-corrected chi connectivity index (χ4v) is 2.00. The van der Waals surface area contributed by atoms with Crippen molar-refractivity contribution in [2.75, 3.05) is 13.2 Å². The summed E-state index contributed by atoms with van der Waals surface area (Å²) in [4.78, 5) is 24.2. The third-order valence-corrected chi connectivity index (χ3v) is 3.37. The number of aromatic amines is 1. The first-order chi connectivity index (χ1) is 7.96. The Balaban J connectivity index is 2.24. The molecule has 1 heterocycles. The SMILES string of the molecule is O=c1ccn(CC2(F)CC2(CO)CO)c(=O)[nH]1. The summed E-state index contributed by atoms with van der Waals surface area (Å²) in [6.07, 6.45) is 1.19. The number of rotatable bonds is 4. The van der Waals surface area contributed by atoms with Crippen LogP contribution in [-0.2, 0) is 6.54 Å². The lowest BCUT2D eigenvalue weighted by Gasteiger charge is -2.16. The summed E-state index contributed by atoms with van der Waals surface area (Å²) in [5.74, 6) is 0. The van der Waals surface area contributed by atoms with Crippen LogP contribution in [0.15, 0.2) is 21.9 Å². The van der Waals surface area contributed by atoms with E-state index in [2.05, 4.69) is 0 Å². The van der Waals surface area contributed by atoms with Gasteiger partial charge in [0.15, 0.2) is 0 Å². The van der Waals surface area contributed by atoms with Gasteiger partial charge < -0.3 is 10.2 Å². The van der Waals surface area contributed by atoms with Gasteiger partial charge >= 0.3 is 5.69 Å². The summed E-state index contributed by atoms with van der Waals surface area (Å²) in [5.41, 5.74) is -4.24. The maximum atomic E-state index is 14.2. The largest absolute Gasteiger partial charge is 0.396 e. The molecule has 94 valence electrons. The molecular weight excluding hydrogens is 231 g/mol. The predicted molar refractivity (Wildman–Crippen MR) is 56.4 cm³/mol. The van der Waals surface area contributed by atoms with Crippen molar-refractivity contribution >= 4 is 0 Å². The van der Waals surface area contributed by atoms with Crippen molar-refractivity contribution < 1.29 is 14.6 Å². The van der Waals surface area contributed by atoms with Crippen molar-refractivity contribution in [3.63, 3.8) is 0 Å². The normalized spacial score (nSPS) is 25.8. The predicted octanol–water partition coefficient (Wildman–Crippen LogP) is -1.38. The van der Waals surface area contributed by atoms with Gasteiger partial charge in [0, 0.05) is 12.3 Å². The van der Waals surface area contributed by atoms with Gasteiger partial charge in [0.2, 0.25) is 0 Å². The molecule has 1 aromatic rings. The van der Waals surface area contributed by atoms with Crippen LogP contribution in [0, 0.1) is 5.41 Å². The maximum Gasteiger partial charge on any atom is 0.328 e. The van der Waals surface area contributed by atoms with Crippen LogP contribution in [0.3, 0.4) is 0 Å². The van der Waals surface area contributed by atoms with Gasteiger partial charge in [-0.05, 0) is 6.42 Å². The summed E-state index contributed by atoms with van der Waals surface area (Å²) in [6, 6.07) is 1.12. The van der Waals surface area contributed by atoms with Gasteiger partial charge in [-0.15, -0.1) is 0 Å². The van der Waals surface area contributed by atoms with Crippen molar-refractivity contribution in [2.24, 2.45) is 5.41 Å². The minimum atomic E-state index is -1.81. The molecule has 17 heavy (non-hydrogen) atoms. The van der Waals surface area contributed by atoms with Crippen molar-refractivity contribution in [1.29, 1.82) is 0 Å². The van der Waals surface area contributed by atoms with Gasteiger partial charge in [0.05, 0.1) is 25.2 Å². The summed E-state index contributed by atoms with van der Waals surface area (Å²) >= 11 is 0. The average Bonchev–Trinajstić information content (AvgIpc) is 2.89. The van der Waals surface area contributed by atoms with Crippen LogP contribution in [0.1, 0.15) is 6.42 Å². The van der Waals surface area contributed by atoms with Crippen molar-refractivity contribution in [3.05, 3.63) is 33.1 Å². The molecule has 1 fully saturated rings. The number of alkyl halides is 1. The molecule has 1 aliphatic carbocycles. The molecule has 1 aliphatic rings. The van der Waals surface area contributed by atoms with Crippen LogP contribution in [0.4, 0.5) is 4.39 Å². The highest BCUT2D eigenvalue weighted by atomic mass is 19.1. The summed E-state index contributed by atoms with van der Waals surface area (Å²) < 4.78 is 15.2. The van der Waals surface area contributed by atoms with Crippen molar-refractivity contribution in [2.45, 2.75) is 18.6 Å². The maximum absolute atomic E-state index is 14.2. The molecule has 2 rings (SSSR count). The number of aromatic nitrogens is 2. The molecule has 1 aromatic heterocycles. The van der Waals surface area contributed by atoms with Crippen LogP contribution >= 0.6 is 0 Å². The lowest BCUT2D eigenvalue weighted by Crippen LogP contribution is -2.35. The quantitative estimate of drug-likeness (QED) is 0.608. The van der Waals surface area contributed by atoms with Gasteiger partial charge in [-0.3, -0.25) is 14.3 Å². The van der Waals surface area contributed by atoms with E-state index in [-0.39, 0.29) is 13.0 Å². The van der Waals surface area contributed by atoms with E-state index in [4.69, 9.17) is 10.2 Å². The molecule has 0 aliphatic heterocycles. The second kappa shape index (κ2) is 3.78. The Morgan fingerprint density at radius 3 is 2.53 bits per heavy atom. The van der Waals surface area contributed by atoms with Crippen LogP contribution in [-0.4, -0.2) is 38.6 Å². The minimum absolute atomic E-state index is 0.00142. The number of hydrogen-bond donors (Lipinski definition) is 3. The van der Waals surface area contributed by atoms with Crippen LogP contribution in [0.5, 0.6) is 0 Å². The molecule has 0 saturated heterocycles. The number of aliphatic hydroxyl groups excluding tert-OH is 2. The fraction of sp³-hybridized carbons (Fsp3) is 0.600. The molecule has 0 aromatic carbocycles. The van der Waals surface area contributed by atoms with E-state index in [1.807, 2.05) is 4.98 Å². The third kappa shape index (κ3) is 1.81. The molecule has 1 unspecified atom stereocenters. The molecule has 0 spiro atoms. The van der Waals surface area contributed by atoms with Gasteiger partial charge in [0.25, 0.3) is 5.56 Å². The summed E-state index contributed by atoms with van der Waals surface area (Å²) in [5, 5.41) is 18.1. The number of hydrogen-bond acceptors (Lipinski definition) is 4. The minimum Gasteiger partial charge on any atom is -0.396 e.